The van der Waals surface area contributed by atoms with E-state index in [0.29, 0.717) is 23.6 Å². The average molecular weight is 416 g/mol. The lowest BCUT2D eigenvalue weighted by Crippen LogP contribution is -2.37. The third-order valence-electron chi connectivity index (χ3n) is 5.01. The largest absolute Gasteiger partial charge is 0.369 e. The Balaban J connectivity index is 1.62. The molecule has 0 bridgehead atoms. The first kappa shape index (κ1) is 20.3. The Labute approximate surface area is 178 Å². The molecule has 2 N–H and O–H groups in total. The number of likely N-dealkylation sites (N-methyl/N-ethyl adjacent to an activating group) is 1. The Kier molecular flexibility index (Phi) is 5.23. The molecular weight excluding hydrogens is 396 g/mol. The molecular formula is C22H20N6O3. The van der Waals surface area contributed by atoms with Crippen LogP contribution >= 0.6 is 0 Å². The van der Waals surface area contributed by atoms with Crippen molar-refractivity contribution in [3.63, 3.8) is 0 Å². The normalized spacial score (nSPS) is 17.9. The smallest absolute Gasteiger partial charge is 0.275 e. The minimum Gasteiger partial charge on any atom is -0.369 e. The monoisotopic (exact) mass is 416 g/mol. The lowest BCUT2D eigenvalue weighted by Gasteiger charge is -2.13. The van der Waals surface area contributed by atoms with E-state index in [1.54, 1.807) is 36.1 Å². The van der Waals surface area contributed by atoms with Crippen molar-refractivity contribution in [2.24, 2.45) is 0 Å². The zero-order chi connectivity index (χ0) is 22.0. The molecule has 0 radical (unpaired) electrons. The molecule has 2 aromatic heterocycles. The summed E-state index contributed by atoms with van der Waals surface area (Å²) in [6.07, 6.45) is 4.72. The predicted molar refractivity (Wildman–Crippen MR) is 112 cm³/mol. The van der Waals surface area contributed by atoms with Gasteiger partial charge in [0, 0.05) is 37.3 Å². The van der Waals surface area contributed by atoms with E-state index in [1.807, 2.05) is 13.0 Å². The highest BCUT2D eigenvalue weighted by Gasteiger charge is 2.42. The van der Waals surface area contributed by atoms with E-state index in [9.17, 15) is 14.7 Å². The van der Waals surface area contributed by atoms with E-state index < -0.39 is 11.5 Å². The van der Waals surface area contributed by atoms with Crippen molar-refractivity contribution < 1.29 is 14.7 Å². The lowest BCUT2D eigenvalue weighted by molar-refractivity contribution is -0.137. The predicted octanol–water partition coefficient (Wildman–Crippen LogP) is 1.17. The maximum atomic E-state index is 12.5. The molecule has 9 heteroatoms. The number of hydrogen-bond acceptors (Lipinski definition) is 6. The molecule has 0 aliphatic carbocycles. The van der Waals surface area contributed by atoms with Crippen LogP contribution in [0.1, 0.15) is 28.0 Å². The minimum atomic E-state index is -1.66. The van der Waals surface area contributed by atoms with Crippen LogP contribution in [0.15, 0.2) is 49.1 Å². The van der Waals surface area contributed by atoms with Crippen LogP contribution in [0.5, 0.6) is 0 Å². The quantitative estimate of drug-likeness (QED) is 0.620. The number of benzene rings is 1. The van der Waals surface area contributed by atoms with Crippen LogP contribution in [-0.2, 0) is 4.79 Å². The van der Waals surface area contributed by atoms with Crippen LogP contribution in [0.2, 0.25) is 0 Å². The summed E-state index contributed by atoms with van der Waals surface area (Å²) in [5, 5.41) is 17.7. The molecule has 0 unspecified atom stereocenters. The number of amides is 2. The number of nitrogens with zero attached hydrogens (tertiary/aromatic N) is 5. The standard InChI is InChI=1S/C22H20N6O3/c1-15-13-25-28(19(15)26-20(29)18-7-10-23-14-24-18)17-5-3-4-16(12-17)6-8-22(31)9-11-27(2)21(22)30/h3-5,7,10,12-14,31H,9,11H2,1-2H3,(H,26,29)/t22-/m0/s1. The molecule has 1 atom stereocenters. The number of rotatable bonds is 3. The number of aromatic nitrogens is 4. The van der Waals surface area contributed by atoms with Crippen molar-refractivity contribution in [3.8, 4) is 17.5 Å². The Morgan fingerprint density at radius 3 is 2.87 bits per heavy atom. The number of aliphatic hydroxyl groups is 1. The molecule has 31 heavy (non-hydrogen) atoms. The SMILES string of the molecule is Cc1cnn(-c2cccc(C#C[C@]3(O)CCN(C)C3=O)c2)c1NC(=O)c1ccncn1. The number of likely N-dealkylation sites (tertiary alicyclic amines) is 1. The summed E-state index contributed by atoms with van der Waals surface area (Å²) < 4.78 is 1.59. The fourth-order valence-electron chi connectivity index (χ4n) is 3.23. The zero-order valence-corrected chi connectivity index (χ0v) is 17.0. The molecule has 4 rings (SSSR count). The molecule has 0 spiro atoms. The molecule has 2 amide bonds. The number of anilines is 1. The maximum Gasteiger partial charge on any atom is 0.275 e. The summed E-state index contributed by atoms with van der Waals surface area (Å²) in [6, 6.07) is 8.68. The Bertz CT molecular complexity index is 1210. The third-order valence-corrected chi connectivity index (χ3v) is 5.01. The van der Waals surface area contributed by atoms with Gasteiger partial charge in [0.2, 0.25) is 5.60 Å². The number of nitrogens with one attached hydrogen (secondary N) is 1. The summed E-state index contributed by atoms with van der Waals surface area (Å²) in [4.78, 5) is 33.9. The van der Waals surface area contributed by atoms with Crippen LogP contribution < -0.4 is 5.32 Å². The van der Waals surface area contributed by atoms with Gasteiger partial charge in [-0.1, -0.05) is 17.9 Å². The summed E-state index contributed by atoms with van der Waals surface area (Å²) >= 11 is 0. The van der Waals surface area contributed by atoms with Crippen molar-refractivity contribution >= 4 is 17.6 Å². The van der Waals surface area contributed by atoms with Crippen molar-refractivity contribution in [1.82, 2.24) is 24.6 Å². The second kappa shape index (κ2) is 8.01. The van der Waals surface area contributed by atoms with E-state index >= 15 is 0 Å². The number of aryl methyl sites for hydroxylation is 1. The summed E-state index contributed by atoms with van der Waals surface area (Å²) in [6.45, 7) is 2.30. The first-order valence-corrected chi connectivity index (χ1v) is 9.61. The number of carbonyl (C=O) groups is 2. The van der Waals surface area contributed by atoms with Crippen LogP contribution in [0.25, 0.3) is 5.69 Å². The lowest BCUT2D eigenvalue weighted by atomic mass is 10.0. The highest BCUT2D eigenvalue weighted by molar-refractivity contribution is 6.02. The molecule has 1 aliphatic heterocycles. The topological polar surface area (TPSA) is 113 Å². The molecule has 3 heterocycles. The number of carbonyl (C=O) groups excluding carboxylic acids is 2. The molecule has 1 aliphatic rings. The first-order valence-electron chi connectivity index (χ1n) is 9.61. The molecule has 1 aromatic carbocycles. The molecule has 1 fully saturated rings. The van der Waals surface area contributed by atoms with Gasteiger partial charge in [-0.15, -0.1) is 0 Å². The fourth-order valence-corrected chi connectivity index (χ4v) is 3.23. The van der Waals surface area contributed by atoms with E-state index in [2.05, 4.69) is 32.2 Å². The van der Waals surface area contributed by atoms with Crippen LogP contribution in [-0.4, -0.2) is 60.8 Å². The van der Waals surface area contributed by atoms with Gasteiger partial charge in [-0.2, -0.15) is 5.10 Å². The van der Waals surface area contributed by atoms with Gasteiger partial charge in [0.05, 0.1) is 11.9 Å². The second-order valence-electron chi connectivity index (χ2n) is 7.27. The highest BCUT2D eigenvalue weighted by Crippen LogP contribution is 2.22. The van der Waals surface area contributed by atoms with Gasteiger partial charge in [-0.05, 0) is 31.2 Å². The van der Waals surface area contributed by atoms with E-state index in [0.717, 1.165) is 5.56 Å². The van der Waals surface area contributed by atoms with Gasteiger partial charge in [-0.3, -0.25) is 9.59 Å². The van der Waals surface area contributed by atoms with Gasteiger partial charge in [0.1, 0.15) is 17.8 Å². The molecule has 1 saturated heterocycles. The van der Waals surface area contributed by atoms with Crippen molar-refractivity contribution in [2.45, 2.75) is 18.9 Å². The zero-order valence-electron chi connectivity index (χ0n) is 17.0. The van der Waals surface area contributed by atoms with Crippen molar-refractivity contribution in [3.05, 3.63) is 65.9 Å². The molecule has 156 valence electrons. The summed E-state index contributed by atoms with van der Waals surface area (Å²) in [5.41, 5.74) is 0.618. The Morgan fingerprint density at radius 2 is 2.16 bits per heavy atom. The average Bonchev–Trinajstić information content (AvgIpc) is 3.28. The van der Waals surface area contributed by atoms with Crippen LogP contribution in [0.3, 0.4) is 0 Å². The third kappa shape index (κ3) is 4.01. The van der Waals surface area contributed by atoms with Gasteiger partial charge in [0.25, 0.3) is 11.8 Å². The maximum absolute atomic E-state index is 12.5. The van der Waals surface area contributed by atoms with Gasteiger partial charge in [-0.25, -0.2) is 14.6 Å². The van der Waals surface area contributed by atoms with E-state index in [-0.39, 0.29) is 18.0 Å². The molecule has 3 aromatic rings. The van der Waals surface area contributed by atoms with Crippen LogP contribution in [0, 0.1) is 18.8 Å². The first-order chi connectivity index (χ1) is 14.9. The summed E-state index contributed by atoms with van der Waals surface area (Å²) in [7, 11) is 1.64. The second-order valence-corrected chi connectivity index (χ2v) is 7.27. The van der Waals surface area contributed by atoms with E-state index in [1.165, 1.54) is 23.5 Å². The Morgan fingerprint density at radius 1 is 1.32 bits per heavy atom. The van der Waals surface area contributed by atoms with E-state index in [4.69, 9.17) is 0 Å². The van der Waals surface area contributed by atoms with Crippen molar-refractivity contribution in [1.29, 1.82) is 0 Å². The number of hydrogen-bond donors (Lipinski definition) is 2. The molecule has 0 saturated carbocycles. The highest BCUT2D eigenvalue weighted by atomic mass is 16.3. The minimum absolute atomic E-state index is 0.237. The molecule has 9 nitrogen and oxygen atoms in total. The Hall–Kier alpha value is -4.03. The van der Waals surface area contributed by atoms with Crippen LogP contribution in [0.4, 0.5) is 5.82 Å². The van der Waals surface area contributed by atoms with Gasteiger partial charge < -0.3 is 15.3 Å². The fraction of sp³-hybridized carbons (Fsp3) is 0.227. The summed E-state index contributed by atoms with van der Waals surface area (Å²) in [5.74, 6) is 5.32. The van der Waals surface area contributed by atoms with Crippen molar-refractivity contribution in [2.75, 3.05) is 18.9 Å². The van der Waals surface area contributed by atoms with Gasteiger partial charge in [0.15, 0.2) is 0 Å². The van der Waals surface area contributed by atoms with Gasteiger partial charge >= 0.3 is 0 Å².